The number of hydrogen-bond donors (Lipinski definition) is 0. The molecule has 1 aromatic rings. The van der Waals surface area contributed by atoms with Crippen LogP contribution in [-0.2, 0) is 9.59 Å². The fourth-order valence-electron chi connectivity index (χ4n) is 3.81. The maximum Gasteiger partial charge on any atom is 0.246 e. The van der Waals surface area contributed by atoms with Crippen molar-refractivity contribution < 1.29 is 19.1 Å². The van der Waals surface area contributed by atoms with E-state index in [0.29, 0.717) is 37.7 Å². The van der Waals surface area contributed by atoms with Crippen LogP contribution < -0.4 is 9.47 Å². The zero-order valence-electron chi connectivity index (χ0n) is 16.1. The number of benzene rings is 1. The van der Waals surface area contributed by atoms with E-state index in [1.54, 1.807) is 31.3 Å². The van der Waals surface area contributed by atoms with Gasteiger partial charge in [-0.05, 0) is 36.6 Å². The molecule has 6 nitrogen and oxygen atoms in total. The zero-order chi connectivity index (χ0) is 19.2. The summed E-state index contributed by atoms with van der Waals surface area (Å²) in [5.41, 5.74) is 0.871. The summed E-state index contributed by atoms with van der Waals surface area (Å²) in [4.78, 5) is 28.7. The highest BCUT2D eigenvalue weighted by Crippen LogP contribution is 2.28. The number of carbonyl (C=O) groups is 2. The van der Waals surface area contributed by atoms with Crippen LogP contribution in [0.5, 0.6) is 11.5 Å². The molecule has 1 aliphatic carbocycles. The van der Waals surface area contributed by atoms with E-state index in [0.717, 1.165) is 31.2 Å². The molecule has 6 heteroatoms. The summed E-state index contributed by atoms with van der Waals surface area (Å²) in [6, 6.07) is 5.53. The van der Waals surface area contributed by atoms with Crippen molar-refractivity contribution in [3.05, 3.63) is 29.8 Å². The van der Waals surface area contributed by atoms with Crippen LogP contribution in [0.3, 0.4) is 0 Å². The molecule has 2 aliphatic rings. The maximum atomic E-state index is 12.5. The molecule has 0 unspecified atom stereocenters. The molecule has 1 heterocycles. The Bertz CT molecular complexity index is 702. The predicted octanol–water partition coefficient (Wildman–Crippen LogP) is 2.58. The molecule has 0 bridgehead atoms. The SMILES string of the molecule is COc1ccc(/C=C/C(=O)N2CCN(C(=O)C3CCCC3)CC2)cc1OC. The molecule has 2 fully saturated rings. The van der Waals surface area contributed by atoms with Crippen LogP contribution in [0, 0.1) is 5.92 Å². The number of amides is 2. The maximum absolute atomic E-state index is 12.5. The lowest BCUT2D eigenvalue weighted by molar-refractivity contribution is -0.140. The van der Waals surface area contributed by atoms with Crippen molar-refractivity contribution in [2.24, 2.45) is 5.92 Å². The van der Waals surface area contributed by atoms with Gasteiger partial charge in [0.2, 0.25) is 11.8 Å². The number of rotatable bonds is 5. The minimum atomic E-state index is -0.0299. The summed E-state index contributed by atoms with van der Waals surface area (Å²) in [7, 11) is 3.18. The number of piperazine rings is 1. The first-order valence-corrected chi connectivity index (χ1v) is 9.60. The van der Waals surface area contributed by atoms with E-state index in [1.165, 1.54) is 0 Å². The Morgan fingerprint density at radius 3 is 2.22 bits per heavy atom. The number of carbonyl (C=O) groups excluding carboxylic acids is 2. The summed E-state index contributed by atoms with van der Waals surface area (Å²) in [6.45, 7) is 2.44. The van der Waals surface area contributed by atoms with E-state index in [2.05, 4.69) is 0 Å². The lowest BCUT2D eigenvalue weighted by atomic mass is 10.1. The van der Waals surface area contributed by atoms with Gasteiger partial charge in [-0.25, -0.2) is 0 Å². The van der Waals surface area contributed by atoms with Crippen LogP contribution in [0.15, 0.2) is 24.3 Å². The topological polar surface area (TPSA) is 59.1 Å². The predicted molar refractivity (Wildman–Crippen MR) is 104 cm³/mol. The van der Waals surface area contributed by atoms with Crippen molar-refractivity contribution in [2.45, 2.75) is 25.7 Å². The molecule has 3 rings (SSSR count). The van der Waals surface area contributed by atoms with Crippen LogP contribution in [0.25, 0.3) is 6.08 Å². The largest absolute Gasteiger partial charge is 0.493 e. The molecule has 1 saturated heterocycles. The fraction of sp³-hybridized carbons (Fsp3) is 0.524. The van der Waals surface area contributed by atoms with E-state index in [-0.39, 0.29) is 17.7 Å². The summed E-state index contributed by atoms with van der Waals surface area (Å²) in [5, 5.41) is 0. The molecule has 0 atom stereocenters. The second-order valence-electron chi connectivity index (χ2n) is 7.08. The number of hydrogen-bond acceptors (Lipinski definition) is 4. The molecule has 0 spiro atoms. The summed E-state index contributed by atoms with van der Waals surface area (Å²) in [6.07, 6.45) is 7.72. The molecular weight excluding hydrogens is 344 g/mol. The molecule has 0 radical (unpaired) electrons. The average Bonchev–Trinajstić information content (AvgIpc) is 3.26. The van der Waals surface area contributed by atoms with Crippen molar-refractivity contribution in [1.29, 1.82) is 0 Å². The van der Waals surface area contributed by atoms with Gasteiger partial charge in [0, 0.05) is 38.2 Å². The van der Waals surface area contributed by atoms with Crippen molar-refractivity contribution >= 4 is 17.9 Å². The second kappa shape index (κ2) is 8.93. The van der Waals surface area contributed by atoms with Gasteiger partial charge in [-0.2, -0.15) is 0 Å². The standard InChI is InChI=1S/C21H28N2O4/c1-26-18-9-7-16(15-19(18)27-2)8-10-20(24)22-11-13-23(14-12-22)21(25)17-5-3-4-6-17/h7-10,15,17H,3-6,11-14H2,1-2H3/b10-8+. The lowest BCUT2D eigenvalue weighted by Gasteiger charge is -2.35. The van der Waals surface area contributed by atoms with Gasteiger partial charge in [0.15, 0.2) is 11.5 Å². The van der Waals surface area contributed by atoms with E-state index in [1.807, 2.05) is 23.1 Å². The van der Waals surface area contributed by atoms with Crippen molar-refractivity contribution in [3.8, 4) is 11.5 Å². The summed E-state index contributed by atoms with van der Waals surface area (Å²) < 4.78 is 10.5. The van der Waals surface area contributed by atoms with Crippen LogP contribution >= 0.6 is 0 Å². The normalized spacial score (nSPS) is 18.1. The van der Waals surface area contributed by atoms with Crippen molar-refractivity contribution in [3.63, 3.8) is 0 Å². The van der Waals surface area contributed by atoms with Gasteiger partial charge in [0.25, 0.3) is 0 Å². The van der Waals surface area contributed by atoms with E-state index < -0.39 is 0 Å². The monoisotopic (exact) mass is 372 g/mol. The number of methoxy groups -OCH3 is 2. The highest BCUT2D eigenvalue weighted by molar-refractivity contribution is 5.92. The van der Waals surface area contributed by atoms with Crippen LogP contribution in [0.1, 0.15) is 31.2 Å². The van der Waals surface area contributed by atoms with Crippen LogP contribution in [0.4, 0.5) is 0 Å². The highest BCUT2D eigenvalue weighted by Gasteiger charge is 2.30. The first kappa shape index (κ1) is 19.3. The molecule has 1 saturated carbocycles. The summed E-state index contributed by atoms with van der Waals surface area (Å²) >= 11 is 0. The van der Waals surface area contributed by atoms with Crippen LogP contribution in [0.2, 0.25) is 0 Å². The Balaban J connectivity index is 1.53. The molecule has 1 aliphatic heterocycles. The van der Waals surface area contributed by atoms with Gasteiger partial charge >= 0.3 is 0 Å². The van der Waals surface area contributed by atoms with Gasteiger partial charge in [-0.3, -0.25) is 9.59 Å². The van der Waals surface area contributed by atoms with Crippen molar-refractivity contribution in [2.75, 3.05) is 40.4 Å². The van der Waals surface area contributed by atoms with Gasteiger partial charge < -0.3 is 19.3 Å². The Morgan fingerprint density at radius 1 is 0.963 bits per heavy atom. The third-order valence-corrected chi connectivity index (χ3v) is 5.43. The molecule has 2 amide bonds. The van der Waals surface area contributed by atoms with Crippen LogP contribution in [-0.4, -0.2) is 62.0 Å². The quantitative estimate of drug-likeness (QED) is 0.746. The van der Waals surface area contributed by atoms with E-state index >= 15 is 0 Å². The first-order valence-electron chi connectivity index (χ1n) is 9.60. The van der Waals surface area contributed by atoms with Crippen molar-refractivity contribution in [1.82, 2.24) is 9.80 Å². The second-order valence-corrected chi connectivity index (χ2v) is 7.08. The molecule has 0 N–H and O–H groups in total. The molecule has 27 heavy (non-hydrogen) atoms. The Kier molecular flexibility index (Phi) is 6.37. The van der Waals surface area contributed by atoms with Gasteiger partial charge in [0.05, 0.1) is 14.2 Å². The Labute approximate surface area is 160 Å². The zero-order valence-corrected chi connectivity index (χ0v) is 16.1. The molecular formula is C21H28N2O4. The number of ether oxygens (including phenoxy) is 2. The van der Waals surface area contributed by atoms with E-state index in [9.17, 15) is 9.59 Å². The third-order valence-electron chi connectivity index (χ3n) is 5.43. The number of nitrogens with zero attached hydrogens (tertiary/aromatic N) is 2. The third kappa shape index (κ3) is 4.62. The highest BCUT2D eigenvalue weighted by atomic mass is 16.5. The first-order chi connectivity index (χ1) is 13.1. The average molecular weight is 372 g/mol. The van der Waals surface area contributed by atoms with Gasteiger partial charge in [0.1, 0.15) is 0 Å². The smallest absolute Gasteiger partial charge is 0.246 e. The van der Waals surface area contributed by atoms with Gasteiger partial charge in [-0.1, -0.05) is 18.9 Å². The minimum Gasteiger partial charge on any atom is -0.493 e. The lowest BCUT2D eigenvalue weighted by Crippen LogP contribution is -2.51. The van der Waals surface area contributed by atoms with E-state index in [4.69, 9.17) is 9.47 Å². The Morgan fingerprint density at radius 2 is 1.59 bits per heavy atom. The molecule has 0 aromatic heterocycles. The summed E-state index contributed by atoms with van der Waals surface area (Å²) in [5.74, 6) is 1.74. The minimum absolute atomic E-state index is 0.0299. The molecule has 146 valence electrons. The Hall–Kier alpha value is -2.50. The van der Waals surface area contributed by atoms with Gasteiger partial charge in [-0.15, -0.1) is 0 Å². The fourth-order valence-corrected chi connectivity index (χ4v) is 3.81. The molecule has 1 aromatic carbocycles.